The van der Waals surface area contributed by atoms with Crippen molar-refractivity contribution in [1.82, 2.24) is 15.2 Å². The van der Waals surface area contributed by atoms with Crippen molar-refractivity contribution in [2.75, 3.05) is 16.4 Å². The zero-order chi connectivity index (χ0) is 12.9. The number of alkyl halides is 1. The molecular formula is C9H15ClN4O2S. The number of halogens is 1. The SMILES string of the molecule is Cc1nnc(NS(=O)(=O)CCCCCl)nc1C. The van der Waals surface area contributed by atoms with Crippen LogP contribution in [0.3, 0.4) is 0 Å². The molecule has 0 atom stereocenters. The number of anilines is 1. The van der Waals surface area contributed by atoms with Gasteiger partial charge in [0.25, 0.3) is 5.95 Å². The van der Waals surface area contributed by atoms with E-state index >= 15 is 0 Å². The van der Waals surface area contributed by atoms with E-state index in [-0.39, 0.29) is 11.7 Å². The van der Waals surface area contributed by atoms with Crippen LogP contribution in [-0.4, -0.2) is 35.2 Å². The number of nitrogens with zero attached hydrogens (tertiary/aromatic N) is 3. The summed E-state index contributed by atoms with van der Waals surface area (Å²) in [7, 11) is -3.41. The zero-order valence-electron chi connectivity index (χ0n) is 9.77. The number of unbranched alkanes of at least 4 members (excludes halogenated alkanes) is 1. The van der Waals surface area contributed by atoms with Crippen LogP contribution in [0, 0.1) is 13.8 Å². The lowest BCUT2D eigenvalue weighted by Crippen LogP contribution is -2.19. The molecule has 0 saturated heterocycles. The fourth-order valence-electron chi connectivity index (χ4n) is 1.08. The van der Waals surface area contributed by atoms with E-state index in [1.54, 1.807) is 13.8 Å². The molecule has 0 saturated carbocycles. The number of nitrogens with one attached hydrogen (secondary N) is 1. The predicted molar refractivity (Wildman–Crippen MR) is 66.7 cm³/mol. The third-order valence-corrected chi connectivity index (χ3v) is 3.72. The summed E-state index contributed by atoms with van der Waals surface area (Å²) >= 11 is 5.48. The van der Waals surface area contributed by atoms with Crippen molar-refractivity contribution in [1.29, 1.82) is 0 Å². The fraction of sp³-hybridized carbons (Fsp3) is 0.667. The van der Waals surface area contributed by atoms with Crippen LogP contribution in [0.5, 0.6) is 0 Å². The van der Waals surface area contributed by atoms with Gasteiger partial charge >= 0.3 is 0 Å². The van der Waals surface area contributed by atoms with Gasteiger partial charge in [0, 0.05) is 5.88 Å². The number of rotatable bonds is 6. The second kappa shape index (κ2) is 6.11. The lowest BCUT2D eigenvalue weighted by Gasteiger charge is -2.06. The van der Waals surface area contributed by atoms with Crippen LogP contribution in [0.25, 0.3) is 0 Å². The average Bonchev–Trinajstić information content (AvgIpc) is 2.23. The summed E-state index contributed by atoms with van der Waals surface area (Å²) < 4.78 is 25.5. The summed E-state index contributed by atoms with van der Waals surface area (Å²) in [5.74, 6) is 0.478. The van der Waals surface area contributed by atoms with Gasteiger partial charge in [-0.05, 0) is 26.7 Å². The molecule has 0 unspecified atom stereocenters. The van der Waals surface area contributed by atoms with Crippen LogP contribution in [-0.2, 0) is 10.0 Å². The van der Waals surface area contributed by atoms with Crippen LogP contribution >= 0.6 is 11.6 Å². The number of aromatic nitrogens is 3. The van der Waals surface area contributed by atoms with E-state index in [0.29, 0.717) is 30.1 Å². The largest absolute Gasteiger partial charge is 0.256 e. The van der Waals surface area contributed by atoms with Gasteiger partial charge < -0.3 is 0 Å². The highest BCUT2D eigenvalue weighted by Gasteiger charge is 2.12. The average molecular weight is 279 g/mol. The maximum atomic E-state index is 11.6. The Bertz CT molecular complexity index is 478. The van der Waals surface area contributed by atoms with Crippen molar-refractivity contribution in [3.63, 3.8) is 0 Å². The molecule has 0 bridgehead atoms. The Kier molecular flexibility index (Phi) is 5.07. The molecule has 0 aromatic carbocycles. The van der Waals surface area contributed by atoms with Crippen LogP contribution < -0.4 is 4.72 Å². The Balaban J connectivity index is 2.66. The molecule has 6 nitrogen and oxygen atoms in total. The van der Waals surface area contributed by atoms with Crippen LogP contribution in [0.15, 0.2) is 0 Å². The molecule has 1 rings (SSSR count). The fourth-order valence-corrected chi connectivity index (χ4v) is 2.32. The minimum atomic E-state index is -3.41. The Hall–Kier alpha value is -0.950. The minimum Gasteiger partial charge on any atom is -0.250 e. The number of hydrogen-bond acceptors (Lipinski definition) is 5. The van der Waals surface area contributed by atoms with E-state index in [9.17, 15) is 8.42 Å². The normalized spacial score (nSPS) is 11.5. The molecule has 1 N–H and O–H groups in total. The van der Waals surface area contributed by atoms with Crippen molar-refractivity contribution < 1.29 is 8.42 Å². The third-order valence-electron chi connectivity index (χ3n) is 2.14. The highest BCUT2D eigenvalue weighted by Crippen LogP contribution is 2.06. The first kappa shape index (κ1) is 14.1. The molecule has 0 fully saturated rings. The Morgan fingerprint density at radius 3 is 2.47 bits per heavy atom. The van der Waals surface area contributed by atoms with E-state index in [1.807, 2.05) is 0 Å². The van der Waals surface area contributed by atoms with Gasteiger partial charge in [0.2, 0.25) is 10.0 Å². The quantitative estimate of drug-likeness (QED) is 0.625. The van der Waals surface area contributed by atoms with E-state index in [4.69, 9.17) is 11.6 Å². The third kappa shape index (κ3) is 4.82. The van der Waals surface area contributed by atoms with Crippen LogP contribution in [0.4, 0.5) is 5.95 Å². The summed E-state index contributed by atoms with van der Waals surface area (Å²) in [6.45, 7) is 3.50. The van der Waals surface area contributed by atoms with E-state index < -0.39 is 10.0 Å². The highest BCUT2D eigenvalue weighted by atomic mass is 35.5. The predicted octanol–water partition coefficient (Wildman–Crippen LogP) is 1.25. The van der Waals surface area contributed by atoms with Crippen LogP contribution in [0.1, 0.15) is 24.2 Å². The molecule has 0 aliphatic carbocycles. The van der Waals surface area contributed by atoms with Gasteiger partial charge in [-0.15, -0.1) is 16.7 Å². The van der Waals surface area contributed by atoms with Gasteiger partial charge in [-0.2, -0.15) is 5.10 Å². The lowest BCUT2D eigenvalue weighted by atomic mass is 10.4. The molecule has 1 aromatic rings. The molecular weight excluding hydrogens is 264 g/mol. The second-order valence-electron chi connectivity index (χ2n) is 3.62. The second-order valence-corrected chi connectivity index (χ2v) is 5.84. The van der Waals surface area contributed by atoms with Crippen molar-refractivity contribution in [3.05, 3.63) is 11.4 Å². The van der Waals surface area contributed by atoms with E-state index in [0.717, 1.165) is 0 Å². The first-order valence-corrected chi connectivity index (χ1v) is 7.37. The molecule has 0 spiro atoms. The number of aryl methyl sites for hydroxylation is 2. The maximum Gasteiger partial charge on any atom is 0.256 e. The summed E-state index contributed by atoms with van der Waals surface area (Å²) in [4.78, 5) is 4.00. The summed E-state index contributed by atoms with van der Waals surface area (Å²) in [6.07, 6.45) is 1.17. The minimum absolute atomic E-state index is 0.00992. The summed E-state index contributed by atoms with van der Waals surface area (Å²) in [5, 5.41) is 7.47. The smallest absolute Gasteiger partial charge is 0.250 e. The molecule has 8 heteroatoms. The molecule has 1 aromatic heterocycles. The molecule has 1 heterocycles. The molecule has 0 radical (unpaired) electrons. The van der Waals surface area contributed by atoms with E-state index in [1.165, 1.54) is 0 Å². The Morgan fingerprint density at radius 2 is 1.88 bits per heavy atom. The summed E-state index contributed by atoms with van der Waals surface area (Å²) in [6, 6.07) is 0. The van der Waals surface area contributed by atoms with Gasteiger partial charge in [0.15, 0.2) is 0 Å². The van der Waals surface area contributed by atoms with Crippen molar-refractivity contribution >= 4 is 27.6 Å². The van der Waals surface area contributed by atoms with Crippen molar-refractivity contribution in [2.45, 2.75) is 26.7 Å². The van der Waals surface area contributed by atoms with Gasteiger partial charge in [-0.3, -0.25) is 0 Å². The molecule has 17 heavy (non-hydrogen) atoms. The van der Waals surface area contributed by atoms with Gasteiger partial charge in [0.05, 0.1) is 17.1 Å². The first-order chi connectivity index (χ1) is 7.94. The molecule has 96 valence electrons. The maximum absolute atomic E-state index is 11.6. The monoisotopic (exact) mass is 278 g/mol. The molecule has 0 aliphatic heterocycles. The lowest BCUT2D eigenvalue weighted by molar-refractivity contribution is 0.597. The van der Waals surface area contributed by atoms with E-state index in [2.05, 4.69) is 19.9 Å². The van der Waals surface area contributed by atoms with Crippen LogP contribution in [0.2, 0.25) is 0 Å². The van der Waals surface area contributed by atoms with Gasteiger partial charge in [-0.1, -0.05) is 0 Å². The first-order valence-electron chi connectivity index (χ1n) is 5.19. The number of hydrogen-bond donors (Lipinski definition) is 1. The highest BCUT2D eigenvalue weighted by molar-refractivity contribution is 7.92. The molecule has 0 aliphatic rings. The van der Waals surface area contributed by atoms with Crippen molar-refractivity contribution in [2.24, 2.45) is 0 Å². The zero-order valence-corrected chi connectivity index (χ0v) is 11.3. The topological polar surface area (TPSA) is 84.8 Å². The Morgan fingerprint density at radius 1 is 1.18 bits per heavy atom. The number of sulfonamides is 1. The van der Waals surface area contributed by atoms with Gasteiger partial charge in [0.1, 0.15) is 0 Å². The van der Waals surface area contributed by atoms with Gasteiger partial charge in [-0.25, -0.2) is 18.1 Å². The standard InChI is InChI=1S/C9H15ClN4O2S/c1-7-8(2)12-13-9(11-7)14-17(15,16)6-4-3-5-10/h3-6H2,1-2H3,(H,11,13,14). The van der Waals surface area contributed by atoms with Crippen molar-refractivity contribution in [3.8, 4) is 0 Å². The summed E-state index contributed by atoms with van der Waals surface area (Å²) in [5.41, 5.74) is 1.33. The molecule has 0 amide bonds. The Labute approximate surface area is 106 Å².